The summed E-state index contributed by atoms with van der Waals surface area (Å²) in [5, 5.41) is 0. The summed E-state index contributed by atoms with van der Waals surface area (Å²) in [5.41, 5.74) is 5.66. The van der Waals surface area contributed by atoms with E-state index >= 15 is 0 Å². The van der Waals surface area contributed by atoms with E-state index in [2.05, 4.69) is 5.92 Å². The van der Waals surface area contributed by atoms with Crippen molar-refractivity contribution in [3.8, 4) is 12.3 Å². The predicted molar refractivity (Wildman–Crippen MR) is 45.9 cm³/mol. The molecule has 2 heteroatoms. The van der Waals surface area contributed by atoms with Gasteiger partial charge in [-0.1, -0.05) is 19.8 Å². The van der Waals surface area contributed by atoms with Crippen molar-refractivity contribution in [3.05, 3.63) is 0 Å². The highest BCUT2D eigenvalue weighted by atomic mass is 16.1. The van der Waals surface area contributed by atoms with Crippen molar-refractivity contribution in [2.75, 3.05) is 0 Å². The Hall–Kier alpha value is -0.810. The van der Waals surface area contributed by atoms with Crippen LogP contribution in [0.15, 0.2) is 0 Å². The van der Waals surface area contributed by atoms with Crippen LogP contribution in [0.4, 0.5) is 0 Å². The molecule has 0 bridgehead atoms. The van der Waals surface area contributed by atoms with Crippen molar-refractivity contribution in [3.63, 3.8) is 0 Å². The lowest BCUT2D eigenvalue weighted by molar-refractivity contribution is -0.118. The van der Waals surface area contributed by atoms with Crippen molar-refractivity contribution in [1.82, 2.24) is 0 Å². The van der Waals surface area contributed by atoms with Crippen LogP contribution in [-0.4, -0.2) is 11.8 Å². The van der Waals surface area contributed by atoms with E-state index in [0.29, 0.717) is 12.3 Å². The molecule has 2 N–H and O–H groups in total. The predicted octanol–water partition coefficient (Wildman–Crippen LogP) is 0.952. The van der Waals surface area contributed by atoms with E-state index in [-0.39, 0.29) is 18.2 Å². The Morgan fingerprint density at radius 3 is 2.55 bits per heavy atom. The molecule has 2 nitrogen and oxygen atoms in total. The molecule has 0 aromatic carbocycles. The molecule has 0 rings (SSSR count). The van der Waals surface area contributed by atoms with Crippen molar-refractivity contribution in [2.45, 2.75) is 32.7 Å². The summed E-state index contributed by atoms with van der Waals surface area (Å²) in [5.74, 6) is 2.71. The summed E-state index contributed by atoms with van der Waals surface area (Å²) in [6, 6.07) is -0.0455. The molecule has 0 saturated carbocycles. The molecule has 0 radical (unpaired) electrons. The fourth-order valence-electron chi connectivity index (χ4n) is 0.685. The zero-order valence-corrected chi connectivity index (χ0v) is 7.13. The second kappa shape index (κ2) is 4.92. The minimum atomic E-state index is -0.0455. The van der Waals surface area contributed by atoms with Crippen LogP contribution in [0.3, 0.4) is 0 Å². The van der Waals surface area contributed by atoms with Crippen LogP contribution in [0.2, 0.25) is 0 Å². The molecule has 0 fully saturated rings. The highest BCUT2D eigenvalue weighted by Gasteiger charge is 2.11. The van der Waals surface area contributed by atoms with Gasteiger partial charge in [-0.3, -0.25) is 4.79 Å². The summed E-state index contributed by atoms with van der Waals surface area (Å²) in [7, 11) is 0. The number of Topliss-reactive ketones (excluding diaryl/α,β-unsaturated/α-hetero) is 1. The number of nitrogens with two attached hydrogens (primary N) is 1. The van der Waals surface area contributed by atoms with E-state index in [1.54, 1.807) is 0 Å². The summed E-state index contributed by atoms with van der Waals surface area (Å²) in [6.07, 6.45) is 5.58. The van der Waals surface area contributed by atoms with Crippen molar-refractivity contribution in [2.24, 2.45) is 11.7 Å². The third-order valence-corrected chi connectivity index (χ3v) is 1.62. The molecule has 0 aliphatic heterocycles. The Morgan fingerprint density at radius 1 is 1.64 bits per heavy atom. The van der Waals surface area contributed by atoms with Crippen LogP contribution in [0.1, 0.15) is 26.7 Å². The van der Waals surface area contributed by atoms with Crippen molar-refractivity contribution < 1.29 is 4.79 Å². The third kappa shape index (κ3) is 4.58. The van der Waals surface area contributed by atoms with E-state index in [4.69, 9.17) is 12.2 Å². The molecule has 1 unspecified atom stereocenters. The van der Waals surface area contributed by atoms with Gasteiger partial charge in [-0.2, -0.15) is 0 Å². The van der Waals surface area contributed by atoms with E-state index in [9.17, 15) is 4.79 Å². The quantitative estimate of drug-likeness (QED) is 0.611. The van der Waals surface area contributed by atoms with Gasteiger partial charge in [-0.25, -0.2) is 0 Å². The second-order valence-corrected chi connectivity index (χ2v) is 3.03. The van der Waals surface area contributed by atoms with Gasteiger partial charge in [0.15, 0.2) is 0 Å². The van der Waals surface area contributed by atoms with Gasteiger partial charge in [0.25, 0.3) is 0 Å². The monoisotopic (exact) mass is 153 g/mol. The summed E-state index contributed by atoms with van der Waals surface area (Å²) in [6.45, 7) is 3.99. The molecule has 1 atom stereocenters. The maximum atomic E-state index is 10.9. The zero-order chi connectivity index (χ0) is 8.85. The van der Waals surface area contributed by atoms with Gasteiger partial charge in [0.1, 0.15) is 5.78 Å². The minimum absolute atomic E-state index is 0.0455. The topological polar surface area (TPSA) is 43.1 Å². The number of ketones is 1. The minimum Gasteiger partial charge on any atom is -0.327 e. The smallest absolute Gasteiger partial charge is 0.146 e. The lowest BCUT2D eigenvalue weighted by Crippen LogP contribution is -2.29. The largest absolute Gasteiger partial charge is 0.327 e. The average molecular weight is 153 g/mol. The molecule has 0 aromatic rings. The second-order valence-electron chi connectivity index (χ2n) is 3.03. The number of terminal acetylenes is 1. The maximum Gasteiger partial charge on any atom is 0.146 e. The van der Waals surface area contributed by atoms with Gasteiger partial charge >= 0.3 is 0 Å². The van der Waals surface area contributed by atoms with Gasteiger partial charge < -0.3 is 5.73 Å². The van der Waals surface area contributed by atoms with E-state index < -0.39 is 0 Å². The zero-order valence-electron chi connectivity index (χ0n) is 7.13. The third-order valence-electron chi connectivity index (χ3n) is 1.62. The highest BCUT2D eigenvalue weighted by Crippen LogP contribution is 2.04. The fourth-order valence-corrected chi connectivity index (χ4v) is 0.685. The lowest BCUT2D eigenvalue weighted by Gasteiger charge is -2.13. The Balaban J connectivity index is 3.68. The first-order valence-electron chi connectivity index (χ1n) is 3.78. The lowest BCUT2D eigenvalue weighted by atomic mass is 9.99. The molecule has 0 heterocycles. The van der Waals surface area contributed by atoms with Crippen LogP contribution in [0, 0.1) is 18.3 Å². The first-order chi connectivity index (χ1) is 5.07. The van der Waals surface area contributed by atoms with Crippen LogP contribution < -0.4 is 5.73 Å². The van der Waals surface area contributed by atoms with Gasteiger partial charge in [-0.15, -0.1) is 6.42 Å². The number of hydrogen-bond acceptors (Lipinski definition) is 2. The number of hydrogen-bond donors (Lipinski definition) is 1. The number of carbonyl (C=O) groups is 1. The first kappa shape index (κ1) is 10.2. The molecule has 62 valence electrons. The van der Waals surface area contributed by atoms with E-state index in [1.807, 2.05) is 13.8 Å². The van der Waals surface area contributed by atoms with Crippen LogP contribution in [0.5, 0.6) is 0 Å². The van der Waals surface area contributed by atoms with Gasteiger partial charge in [0.05, 0.1) is 6.42 Å². The van der Waals surface area contributed by atoms with E-state index in [1.165, 1.54) is 0 Å². The SMILES string of the molecule is C#CCC(=O)CC(N)C(C)C. The van der Waals surface area contributed by atoms with Gasteiger partial charge in [-0.05, 0) is 5.92 Å². The van der Waals surface area contributed by atoms with E-state index in [0.717, 1.165) is 0 Å². The molecule has 0 saturated heterocycles. The fraction of sp³-hybridized carbons (Fsp3) is 0.667. The normalized spacial score (nSPS) is 12.6. The standard InChI is InChI=1S/C9H15NO/c1-4-5-8(11)6-9(10)7(2)3/h1,7,9H,5-6,10H2,2-3H3. The Labute approximate surface area is 68.2 Å². The van der Waals surface area contributed by atoms with Gasteiger partial charge in [0.2, 0.25) is 0 Å². The summed E-state index contributed by atoms with van der Waals surface area (Å²) in [4.78, 5) is 10.9. The van der Waals surface area contributed by atoms with Crippen molar-refractivity contribution >= 4 is 5.78 Å². The molecular formula is C9H15NO. The van der Waals surface area contributed by atoms with Gasteiger partial charge in [0, 0.05) is 12.5 Å². The number of carbonyl (C=O) groups excluding carboxylic acids is 1. The highest BCUT2D eigenvalue weighted by molar-refractivity contribution is 5.81. The molecule has 0 spiro atoms. The van der Waals surface area contributed by atoms with Crippen LogP contribution in [-0.2, 0) is 4.79 Å². The molecule has 0 amide bonds. The summed E-state index contributed by atoms with van der Waals surface area (Å²) >= 11 is 0. The summed E-state index contributed by atoms with van der Waals surface area (Å²) < 4.78 is 0. The van der Waals surface area contributed by atoms with Crippen LogP contribution in [0.25, 0.3) is 0 Å². The molecular weight excluding hydrogens is 138 g/mol. The Kier molecular flexibility index (Phi) is 4.56. The average Bonchev–Trinajstić information content (AvgIpc) is 1.87. The molecule has 0 aliphatic carbocycles. The van der Waals surface area contributed by atoms with Crippen LogP contribution >= 0.6 is 0 Å². The first-order valence-corrected chi connectivity index (χ1v) is 3.78. The number of rotatable bonds is 4. The molecule has 0 aromatic heterocycles. The maximum absolute atomic E-state index is 10.9. The molecule has 0 aliphatic rings. The Bertz CT molecular complexity index is 167. The van der Waals surface area contributed by atoms with Crippen molar-refractivity contribution in [1.29, 1.82) is 0 Å². The Morgan fingerprint density at radius 2 is 2.18 bits per heavy atom. The molecule has 11 heavy (non-hydrogen) atoms.